The number of hydrogen-bond donors (Lipinski definition) is 3. The van der Waals surface area contributed by atoms with E-state index in [0.29, 0.717) is 54.9 Å². The largest absolute Gasteiger partial charge is 0.573 e. The highest BCUT2D eigenvalue weighted by atomic mass is 35.5. The zero-order valence-electron chi connectivity index (χ0n) is 41.4. The molecule has 4 aliphatic rings. The predicted octanol–water partition coefficient (Wildman–Crippen LogP) is 6.52. The van der Waals surface area contributed by atoms with Gasteiger partial charge in [0.15, 0.2) is 13.2 Å². The van der Waals surface area contributed by atoms with Crippen molar-refractivity contribution < 1.29 is 64.5 Å². The zero-order chi connectivity index (χ0) is 54.5. The lowest BCUT2D eigenvalue weighted by molar-refractivity contribution is -0.275. The summed E-state index contributed by atoms with van der Waals surface area (Å²) in [6, 6.07) is 21.4. The molecule has 4 saturated heterocycles. The van der Waals surface area contributed by atoms with Gasteiger partial charge in [0, 0.05) is 102 Å². The van der Waals surface area contributed by atoms with E-state index in [-0.39, 0.29) is 61.4 Å². The fourth-order valence-electron chi connectivity index (χ4n) is 9.42. The maximum Gasteiger partial charge on any atom is 0.573 e. The number of aromatic amines is 2. The van der Waals surface area contributed by atoms with Crippen LogP contribution < -0.4 is 24.3 Å². The number of fused-ring (bicyclic) bond motifs is 2. The lowest BCUT2D eigenvalue weighted by Crippen LogP contribution is -2.55. The van der Waals surface area contributed by atoms with Crippen LogP contribution >= 0.6 is 11.6 Å². The number of piperazine rings is 2. The van der Waals surface area contributed by atoms with Crippen molar-refractivity contribution in [3.63, 3.8) is 0 Å². The van der Waals surface area contributed by atoms with Gasteiger partial charge in [0.2, 0.25) is 0 Å². The van der Waals surface area contributed by atoms with Crippen molar-refractivity contribution in [1.82, 2.24) is 60.6 Å². The third-order valence-corrected chi connectivity index (χ3v) is 13.4. The number of likely N-dealkylation sites (tertiary alicyclic amines) is 2. The summed E-state index contributed by atoms with van der Waals surface area (Å²) >= 11 is 5.01. The van der Waals surface area contributed by atoms with Gasteiger partial charge in [-0.25, -0.2) is 0 Å². The third-order valence-electron chi connectivity index (χ3n) is 13.3. The minimum Gasteiger partial charge on any atom is -0.484 e. The Labute approximate surface area is 449 Å². The van der Waals surface area contributed by atoms with Gasteiger partial charge in [-0.2, -0.15) is 30.8 Å². The quantitative estimate of drug-likeness (QED) is 0.0879. The van der Waals surface area contributed by atoms with Crippen molar-refractivity contribution in [3.8, 4) is 23.0 Å². The molecule has 27 heteroatoms. The molecule has 0 radical (unpaired) electrons. The number of hydrogen-bond acceptors (Lipinski definition) is 15. The van der Waals surface area contributed by atoms with Gasteiger partial charge in [0.1, 0.15) is 45.1 Å². The third kappa shape index (κ3) is 16.9. The molecule has 20 nitrogen and oxygen atoms in total. The van der Waals surface area contributed by atoms with E-state index in [1.807, 2.05) is 28.0 Å². The summed E-state index contributed by atoms with van der Waals surface area (Å²) in [6.45, 7) is 9.48. The molecular weight excluding hydrogens is 1060 g/mol. The van der Waals surface area contributed by atoms with Gasteiger partial charge in [-0.05, 0) is 122 Å². The molecule has 0 atom stereocenters. The molecule has 0 spiro atoms. The number of nitrogens with zero attached hydrogens (tertiary/aromatic N) is 9. The van der Waals surface area contributed by atoms with Gasteiger partial charge in [0.25, 0.3) is 23.0 Å². The van der Waals surface area contributed by atoms with E-state index in [2.05, 4.69) is 55.4 Å². The molecule has 4 fully saturated rings. The van der Waals surface area contributed by atoms with Crippen LogP contribution in [-0.2, 0) is 9.59 Å². The molecule has 0 bridgehead atoms. The number of benzene rings is 4. The van der Waals surface area contributed by atoms with Gasteiger partial charge in [-0.3, -0.25) is 29.0 Å². The van der Waals surface area contributed by atoms with Gasteiger partial charge in [0.05, 0.1) is 0 Å². The first kappa shape index (κ1) is 58.4. The Morgan fingerprint density at radius 2 is 0.885 bits per heavy atom. The minimum atomic E-state index is -4.76. The highest BCUT2D eigenvalue weighted by molar-refractivity contribution is 6.63. The Bertz CT molecular complexity index is 2900. The van der Waals surface area contributed by atoms with E-state index in [1.165, 1.54) is 24.3 Å². The second-order valence-corrected chi connectivity index (χ2v) is 18.7. The van der Waals surface area contributed by atoms with Crippen molar-refractivity contribution >= 4 is 56.6 Å². The Hall–Kier alpha value is -7.29. The van der Waals surface area contributed by atoms with Gasteiger partial charge < -0.3 is 39.0 Å². The molecule has 78 heavy (non-hydrogen) atoms. The van der Waals surface area contributed by atoms with Crippen LogP contribution in [-0.4, -0.2) is 195 Å². The number of halogens is 7. The summed E-state index contributed by atoms with van der Waals surface area (Å²) in [4.78, 5) is 59.1. The predicted molar refractivity (Wildman–Crippen MR) is 273 cm³/mol. The van der Waals surface area contributed by atoms with Crippen LogP contribution in [0.25, 0.3) is 22.1 Å². The van der Waals surface area contributed by atoms with Crippen LogP contribution in [0.2, 0.25) is 0 Å². The molecule has 0 unspecified atom stereocenters. The van der Waals surface area contributed by atoms with Gasteiger partial charge in [-0.15, -0.1) is 26.3 Å². The van der Waals surface area contributed by atoms with Crippen molar-refractivity contribution in [2.24, 2.45) is 0 Å². The van der Waals surface area contributed by atoms with Crippen LogP contribution in [0, 0.1) is 0 Å². The fraction of sp³-hybridized carbons (Fsp3) is 0.451. The normalized spacial score (nSPS) is 17.0. The molecule has 6 heterocycles. The molecule has 0 aliphatic carbocycles. The molecule has 10 rings (SSSR count). The summed E-state index contributed by atoms with van der Waals surface area (Å²) in [6.07, 6.45) is -5.63. The topological polar surface area (TPSA) is 217 Å². The van der Waals surface area contributed by atoms with Crippen LogP contribution in [0.4, 0.5) is 26.3 Å². The van der Waals surface area contributed by atoms with Crippen LogP contribution in [0.1, 0.15) is 53.8 Å². The molecule has 2 aromatic heterocycles. The fourth-order valence-corrected chi connectivity index (χ4v) is 9.47. The van der Waals surface area contributed by atoms with E-state index < -0.39 is 18.0 Å². The molecule has 4 aromatic carbocycles. The Morgan fingerprint density at radius 1 is 0.500 bits per heavy atom. The average molecular weight is 1120 g/mol. The number of aromatic nitrogens is 6. The molecule has 420 valence electrons. The SMILES string of the molecule is C.O=C(COc1ccc(OC(F)(F)F)cc1)N1CCN(C2CCN(C(=O)c3ccc4n[nH]nc4c3)CC2)CC1.O=C(Cl)COc1ccc(OC(F)(F)F)cc1.O=C(c1ccc2n[nH]nc2c1)N1CCC(N2CCNCC2)CC1. The number of ether oxygens (including phenoxy) is 4. The summed E-state index contributed by atoms with van der Waals surface area (Å²) in [5.41, 5.74) is 4.22. The Morgan fingerprint density at radius 3 is 1.29 bits per heavy atom. The van der Waals surface area contributed by atoms with E-state index in [0.717, 1.165) is 119 Å². The number of amides is 3. The Kier molecular flexibility index (Phi) is 20.1. The number of H-pyrrole nitrogens is 2. The van der Waals surface area contributed by atoms with E-state index >= 15 is 0 Å². The maximum absolute atomic E-state index is 12.9. The van der Waals surface area contributed by atoms with E-state index in [9.17, 15) is 45.5 Å². The number of nitrogens with one attached hydrogen (secondary N) is 3. The van der Waals surface area contributed by atoms with E-state index in [1.54, 1.807) is 23.1 Å². The lowest BCUT2D eigenvalue weighted by atomic mass is 10.0. The van der Waals surface area contributed by atoms with Crippen LogP contribution in [0.5, 0.6) is 23.0 Å². The number of alkyl halides is 6. The summed E-state index contributed by atoms with van der Waals surface area (Å²) in [5, 5.41) is 24.0. The number of piperidine rings is 2. The van der Waals surface area contributed by atoms with E-state index in [4.69, 9.17) is 21.1 Å². The monoisotopic (exact) mass is 1120 g/mol. The average Bonchev–Trinajstić information content (AvgIpc) is 4.14. The molecule has 0 saturated carbocycles. The van der Waals surface area contributed by atoms with Crippen molar-refractivity contribution in [2.75, 3.05) is 91.8 Å². The molecule has 6 aromatic rings. The van der Waals surface area contributed by atoms with Crippen molar-refractivity contribution in [3.05, 3.63) is 96.1 Å². The van der Waals surface area contributed by atoms with Crippen molar-refractivity contribution in [2.45, 2.75) is 57.9 Å². The first-order valence-corrected chi connectivity index (χ1v) is 25.1. The number of carbonyl (C=O) groups is 4. The summed E-state index contributed by atoms with van der Waals surface area (Å²) in [7, 11) is 0. The Balaban J connectivity index is 0.000000187. The summed E-state index contributed by atoms with van der Waals surface area (Å²) < 4.78 is 89.9. The molecular formula is C51H59ClF6N12O8. The highest BCUT2D eigenvalue weighted by Gasteiger charge is 2.34. The summed E-state index contributed by atoms with van der Waals surface area (Å²) in [5.74, 6) is -0.283. The lowest BCUT2D eigenvalue weighted by Gasteiger charge is -2.42. The zero-order valence-corrected chi connectivity index (χ0v) is 42.2. The standard InChI is InChI=1S/C25H27F3N6O4.C16H22N6O.C9H6ClF3O3.CH4/c26-25(27,28)38-20-4-2-19(3-5-20)37-16-23(35)33-13-11-32(12-14-33)18-7-9-34(10-8-18)24(36)17-1-6-21-22(15-17)30-31-29-21;23-16(12-1-2-14-15(11-12)19-20-18-14)22-7-3-13(4-8-22)21-9-5-17-6-10-21;10-8(14)5-15-6-1-3-7(4-2-6)16-9(11,12)13;/h1-6,15,18H,7-14,16H2,(H,29,30,31);1-2,11,13,17H,3-10H2,(H,18,19,20);1-4H,5H2;1H4. The maximum atomic E-state index is 12.9. The minimum absolute atomic E-state index is 0. The van der Waals surface area contributed by atoms with Gasteiger partial charge in [-0.1, -0.05) is 7.43 Å². The smallest absolute Gasteiger partial charge is 0.484 e. The second-order valence-electron chi connectivity index (χ2n) is 18.3. The molecule has 3 amide bonds. The first-order valence-electron chi connectivity index (χ1n) is 24.7. The molecule has 4 aliphatic heterocycles. The van der Waals surface area contributed by atoms with Crippen molar-refractivity contribution in [1.29, 1.82) is 0 Å². The number of rotatable bonds is 12. The van der Waals surface area contributed by atoms with Crippen LogP contribution in [0.15, 0.2) is 84.9 Å². The second kappa shape index (κ2) is 26.9. The van der Waals surface area contributed by atoms with Crippen LogP contribution in [0.3, 0.4) is 0 Å². The number of carbonyl (C=O) groups excluding carboxylic acids is 4. The highest BCUT2D eigenvalue weighted by Crippen LogP contribution is 2.27. The first-order chi connectivity index (χ1) is 36.9. The van der Waals surface area contributed by atoms with Gasteiger partial charge >= 0.3 is 12.7 Å². The molecule has 3 N–H and O–H groups in total.